The molecule has 1 aliphatic heterocycles. The maximum absolute atomic E-state index is 11.5. The van der Waals surface area contributed by atoms with E-state index in [1.165, 1.54) is 18.2 Å². The third-order valence-corrected chi connectivity index (χ3v) is 3.67. The fourth-order valence-corrected chi connectivity index (χ4v) is 2.53. The zero-order valence-electron chi connectivity index (χ0n) is 10.4. The van der Waals surface area contributed by atoms with Crippen molar-refractivity contribution in [2.24, 2.45) is 0 Å². The summed E-state index contributed by atoms with van der Waals surface area (Å²) in [5.74, 6) is -2.42. The molecular formula is C11H12N2O6S. The van der Waals surface area contributed by atoms with E-state index in [2.05, 4.69) is 10.0 Å². The summed E-state index contributed by atoms with van der Waals surface area (Å²) in [5, 5.41) is 11.0. The Morgan fingerprint density at radius 3 is 2.85 bits per heavy atom. The van der Waals surface area contributed by atoms with Gasteiger partial charge in [-0.25, -0.2) is 8.42 Å². The molecule has 1 aromatic rings. The molecule has 0 fully saturated rings. The van der Waals surface area contributed by atoms with Gasteiger partial charge in [0.2, 0.25) is 10.0 Å². The lowest BCUT2D eigenvalue weighted by molar-refractivity contribution is -0.134. The Balaban J connectivity index is 2.22. The van der Waals surface area contributed by atoms with E-state index in [4.69, 9.17) is 9.84 Å². The summed E-state index contributed by atoms with van der Waals surface area (Å²) < 4.78 is 30.4. The van der Waals surface area contributed by atoms with Crippen LogP contribution in [0.4, 0.5) is 11.4 Å². The summed E-state index contributed by atoms with van der Waals surface area (Å²) in [6.45, 7) is 1.59. The smallest absolute Gasteiger partial charge is 0.320 e. The molecule has 1 aliphatic rings. The molecule has 20 heavy (non-hydrogen) atoms. The average molecular weight is 300 g/mol. The number of aliphatic carboxylic acids is 1. The van der Waals surface area contributed by atoms with Crippen LogP contribution in [0.3, 0.4) is 0 Å². The van der Waals surface area contributed by atoms with E-state index >= 15 is 0 Å². The van der Waals surface area contributed by atoms with Gasteiger partial charge < -0.3 is 15.2 Å². The van der Waals surface area contributed by atoms with Crippen molar-refractivity contribution in [3.8, 4) is 5.75 Å². The molecule has 3 N–H and O–H groups in total. The number of nitrogens with one attached hydrogen (secondary N) is 2. The topological polar surface area (TPSA) is 122 Å². The Morgan fingerprint density at radius 1 is 1.50 bits per heavy atom. The van der Waals surface area contributed by atoms with Crippen LogP contribution in [0.5, 0.6) is 5.75 Å². The summed E-state index contributed by atoms with van der Waals surface area (Å²) in [6, 6.07) is 4.27. The monoisotopic (exact) mass is 300 g/mol. The first-order chi connectivity index (χ1) is 9.27. The summed E-state index contributed by atoms with van der Waals surface area (Å²) in [7, 11) is -3.99. The van der Waals surface area contributed by atoms with Crippen LogP contribution in [0.1, 0.15) is 6.92 Å². The van der Waals surface area contributed by atoms with Crippen molar-refractivity contribution in [1.29, 1.82) is 0 Å². The third kappa shape index (κ3) is 3.18. The first-order valence-electron chi connectivity index (χ1n) is 5.61. The number of benzene rings is 1. The van der Waals surface area contributed by atoms with E-state index in [0.29, 0.717) is 11.4 Å². The fraction of sp³-hybridized carbons (Fsp3) is 0.273. The minimum atomic E-state index is -3.99. The number of hydrogen-bond donors (Lipinski definition) is 3. The van der Waals surface area contributed by atoms with Crippen LogP contribution in [0, 0.1) is 0 Å². The molecule has 0 spiro atoms. The first kappa shape index (κ1) is 14.1. The van der Waals surface area contributed by atoms with Gasteiger partial charge in [-0.1, -0.05) is 0 Å². The zero-order valence-corrected chi connectivity index (χ0v) is 11.2. The Labute approximate surface area is 114 Å². The van der Waals surface area contributed by atoms with Crippen molar-refractivity contribution < 1.29 is 27.9 Å². The molecule has 0 saturated carbocycles. The van der Waals surface area contributed by atoms with Gasteiger partial charge >= 0.3 is 5.97 Å². The molecule has 1 heterocycles. The highest BCUT2D eigenvalue weighted by atomic mass is 32.2. The number of fused-ring (bicyclic) bond motifs is 1. The van der Waals surface area contributed by atoms with Crippen molar-refractivity contribution in [2.75, 3.05) is 15.8 Å². The third-order valence-electron chi connectivity index (χ3n) is 2.50. The lowest BCUT2D eigenvalue weighted by Gasteiger charge is -2.23. The van der Waals surface area contributed by atoms with Gasteiger partial charge in [-0.05, 0) is 25.1 Å². The molecule has 1 atom stereocenters. The second kappa shape index (κ2) is 5.00. The van der Waals surface area contributed by atoms with Gasteiger partial charge in [0.1, 0.15) is 5.75 Å². The summed E-state index contributed by atoms with van der Waals surface area (Å²) in [4.78, 5) is 21.9. The van der Waals surface area contributed by atoms with Crippen LogP contribution < -0.4 is 14.8 Å². The number of carbonyl (C=O) groups is 2. The fourth-order valence-electron chi connectivity index (χ4n) is 1.65. The molecule has 2 rings (SSSR count). The Bertz CT molecular complexity index is 669. The molecule has 0 aromatic heterocycles. The lowest BCUT2D eigenvalue weighted by Crippen LogP contribution is -2.34. The molecule has 1 unspecified atom stereocenters. The predicted octanol–water partition coefficient (Wildman–Crippen LogP) is 0.232. The van der Waals surface area contributed by atoms with Gasteiger partial charge in [0.05, 0.1) is 11.4 Å². The standard InChI is InChI=1S/C11H12N2O6S/c1-6-11(16)12-8-4-7(2-3-9(8)19-6)13-20(17,18)5-10(14)15/h2-4,6,13H,5H2,1H3,(H,12,16)(H,14,15). The van der Waals surface area contributed by atoms with Gasteiger partial charge in [0.15, 0.2) is 11.9 Å². The number of sulfonamides is 1. The molecule has 0 saturated heterocycles. The second-order valence-electron chi connectivity index (χ2n) is 4.22. The molecule has 9 heteroatoms. The van der Waals surface area contributed by atoms with Gasteiger partial charge in [-0.3, -0.25) is 14.3 Å². The van der Waals surface area contributed by atoms with Gasteiger partial charge in [-0.2, -0.15) is 0 Å². The minimum Gasteiger partial charge on any atom is -0.480 e. The molecule has 1 amide bonds. The van der Waals surface area contributed by atoms with Crippen LogP contribution in [-0.2, 0) is 19.6 Å². The summed E-state index contributed by atoms with van der Waals surface area (Å²) >= 11 is 0. The van der Waals surface area contributed by atoms with Gasteiger partial charge in [-0.15, -0.1) is 0 Å². The van der Waals surface area contributed by atoms with Crippen molar-refractivity contribution in [2.45, 2.75) is 13.0 Å². The quantitative estimate of drug-likeness (QED) is 0.732. The molecule has 8 nitrogen and oxygen atoms in total. The summed E-state index contributed by atoms with van der Waals surface area (Å²) in [5.41, 5.74) is 0.465. The minimum absolute atomic E-state index is 0.142. The maximum Gasteiger partial charge on any atom is 0.320 e. The second-order valence-corrected chi connectivity index (χ2v) is 5.94. The highest BCUT2D eigenvalue weighted by Gasteiger charge is 2.24. The molecule has 0 radical (unpaired) electrons. The number of ether oxygens (including phenoxy) is 1. The van der Waals surface area contributed by atoms with E-state index < -0.39 is 27.8 Å². The molecule has 0 bridgehead atoms. The number of carbonyl (C=O) groups excluding carboxylic acids is 1. The zero-order chi connectivity index (χ0) is 14.9. The Kier molecular flexibility index (Phi) is 3.53. The summed E-state index contributed by atoms with van der Waals surface area (Å²) in [6.07, 6.45) is -0.628. The highest BCUT2D eigenvalue weighted by Crippen LogP contribution is 2.32. The van der Waals surface area contributed by atoms with Crippen molar-refractivity contribution in [3.63, 3.8) is 0 Å². The first-order valence-corrected chi connectivity index (χ1v) is 7.26. The molecule has 1 aromatic carbocycles. The van der Waals surface area contributed by atoms with Crippen LogP contribution in [0.25, 0.3) is 0 Å². The lowest BCUT2D eigenvalue weighted by atomic mass is 10.2. The van der Waals surface area contributed by atoms with E-state index in [0.717, 1.165) is 0 Å². The number of hydrogen-bond acceptors (Lipinski definition) is 5. The molecule has 0 aliphatic carbocycles. The number of carboxylic acid groups (broad SMARTS) is 1. The van der Waals surface area contributed by atoms with E-state index in [1.54, 1.807) is 6.92 Å². The van der Waals surface area contributed by atoms with Crippen LogP contribution in [0.15, 0.2) is 18.2 Å². The largest absolute Gasteiger partial charge is 0.480 e. The number of amides is 1. The van der Waals surface area contributed by atoms with E-state index in [-0.39, 0.29) is 11.6 Å². The van der Waals surface area contributed by atoms with E-state index in [1.807, 2.05) is 0 Å². The van der Waals surface area contributed by atoms with Crippen LogP contribution in [0.2, 0.25) is 0 Å². The van der Waals surface area contributed by atoms with Crippen molar-refractivity contribution >= 4 is 33.3 Å². The van der Waals surface area contributed by atoms with Gasteiger partial charge in [0, 0.05) is 0 Å². The van der Waals surface area contributed by atoms with Crippen LogP contribution in [-0.4, -0.2) is 37.3 Å². The number of rotatable bonds is 4. The van der Waals surface area contributed by atoms with Crippen molar-refractivity contribution in [1.82, 2.24) is 0 Å². The predicted molar refractivity (Wildman–Crippen MR) is 70.2 cm³/mol. The SMILES string of the molecule is CC1Oc2ccc(NS(=O)(=O)CC(=O)O)cc2NC1=O. The molecular weight excluding hydrogens is 288 g/mol. The van der Waals surface area contributed by atoms with Gasteiger partial charge in [0.25, 0.3) is 5.91 Å². The number of carboxylic acids is 1. The maximum atomic E-state index is 11.5. The molecule has 108 valence electrons. The normalized spacial score (nSPS) is 17.6. The van der Waals surface area contributed by atoms with E-state index in [9.17, 15) is 18.0 Å². The average Bonchev–Trinajstić information content (AvgIpc) is 2.28. The van der Waals surface area contributed by atoms with Crippen molar-refractivity contribution in [3.05, 3.63) is 18.2 Å². The number of anilines is 2. The highest BCUT2D eigenvalue weighted by molar-refractivity contribution is 7.93. The van der Waals surface area contributed by atoms with Crippen LogP contribution >= 0.6 is 0 Å². The Hall–Kier alpha value is -2.29. The Morgan fingerprint density at radius 2 is 2.20 bits per heavy atom.